The number of nitrogens with one attached hydrogen (secondary N) is 1. The summed E-state index contributed by atoms with van der Waals surface area (Å²) in [5.41, 5.74) is -1.42. The minimum absolute atomic E-state index is 0.241. The zero-order valence-electron chi connectivity index (χ0n) is 29.4. The van der Waals surface area contributed by atoms with E-state index in [1.54, 1.807) is 58.9 Å². The highest BCUT2D eigenvalue weighted by molar-refractivity contribution is 5.86. The summed E-state index contributed by atoms with van der Waals surface area (Å²) in [5, 5.41) is 2.50. The van der Waals surface area contributed by atoms with E-state index in [-0.39, 0.29) is 12.0 Å². The van der Waals surface area contributed by atoms with Crippen molar-refractivity contribution in [2.75, 3.05) is 26.5 Å². The maximum Gasteiger partial charge on any atom is 0.408 e. The van der Waals surface area contributed by atoms with Gasteiger partial charge in [-0.3, -0.25) is 0 Å². The largest absolute Gasteiger partial charge is 0.459 e. The topological polar surface area (TPSA) is 126 Å². The molecule has 3 saturated heterocycles. The molecule has 2 aromatic carbocycles. The Morgan fingerprint density at radius 2 is 1.39 bits per heavy atom. The average molecular weight is 680 g/mol. The van der Waals surface area contributed by atoms with Crippen molar-refractivity contribution in [3.8, 4) is 0 Å². The number of carbonyl (C=O) groups excluding carboxylic acids is 4. The second-order valence-electron chi connectivity index (χ2n) is 14.8. The molecule has 1 amide bonds. The first kappa shape index (κ1) is 36.3. The number of carbonyl (C=O) groups is 4. The number of esters is 3. The molecule has 1 N–H and O–H groups in total. The molecule has 3 aliphatic heterocycles. The number of nitrogens with zero attached hydrogens (tertiary/aromatic N) is 1. The SMILES string of the molecule is CC(C)[C@H](NC(=O)OC(C)(C)C)C(=O)OCC(=O)OCOC(C(=O)OC1CC2CCC(C1)[N+]21CCCC1)(c1ccccc1)c1ccccc1. The van der Waals surface area contributed by atoms with Crippen molar-refractivity contribution >= 4 is 24.0 Å². The lowest BCUT2D eigenvalue weighted by molar-refractivity contribution is -0.956. The van der Waals surface area contributed by atoms with Crippen molar-refractivity contribution in [1.82, 2.24) is 5.32 Å². The third-order valence-electron chi connectivity index (χ3n) is 10.1. The molecule has 49 heavy (non-hydrogen) atoms. The van der Waals surface area contributed by atoms with Crippen LogP contribution in [0.5, 0.6) is 0 Å². The fraction of sp³-hybridized carbons (Fsp3) is 0.579. The second-order valence-corrected chi connectivity index (χ2v) is 14.8. The highest BCUT2D eigenvalue weighted by Gasteiger charge is 2.57. The lowest BCUT2D eigenvalue weighted by atomic mass is 9.85. The highest BCUT2D eigenvalue weighted by atomic mass is 16.7. The standard InChI is InChI=1S/C38H50N2O9/c1-26(2)33(39-36(44)49-37(3,4)5)34(42)45-24-32(41)46-25-47-38(27-14-8-6-9-15-27,28-16-10-7-11-17-28)35(43)48-31-22-29-18-19-30(23-31)40(29)20-12-13-21-40/h6-11,14-17,26,29-31,33H,12-13,18-25H2,1-5H3/p+1/t29?,30?,31?,33-/m0/s1. The van der Waals surface area contributed by atoms with Crippen LogP contribution in [0, 0.1) is 5.92 Å². The van der Waals surface area contributed by atoms with Gasteiger partial charge in [0.25, 0.3) is 0 Å². The second kappa shape index (κ2) is 15.3. The number of benzene rings is 2. The fourth-order valence-corrected chi connectivity index (χ4v) is 7.89. The van der Waals surface area contributed by atoms with Gasteiger partial charge in [0.1, 0.15) is 17.7 Å². The van der Waals surface area contributed by atoms with Crippen LogP contribution in [0.2, 0.25) is 0 Å². The van der Waals surface area contributed by atoms with E-state index < -0.39 is 54.6 Å². The molecule has 0 aromatic heterocycles. The van der Waals surface area contributed by atoms with Gasteiger partial charge in [0, 0.05) is 38.5 Å². The Hall–Kier alpha value is -3.96. The van der Waals surface area contributed by atoms with Crippen LogP contribution in [-0.2, 0) is 43.7 Å². The Morgan fingerprint density at radius 1 is 0.837 bits per heavy atom. The Kier molecular flexibility index (Phi) is 11.3. The highest BCUT2D eigenvalue weighted by Crippen LogP contribution is 2.47. The van der Waals surface area contributed by atoms with Crippen molar-refractivity contribution in [3.63, 3.8) is 0 Å². The molecule has 11 heteroatoms. The lowest BCUT2D eigenvalue weighted by Gasteiger charge is -2.47. The number of rotatable bonds is 12. The number of ether oxygens (including phenoxy) is 5. The molecule has 11 nitrogen and oxygen atoms in total. The molecule has 266 valence electrons. The molecule has 1 spiro atoms. The van der Waals surface area contributed by atoms with Crippen LogP contribution in [0.25, 0.3) is 0 Å². The third kappa shape index (κ3) is 8.27. The van der Waals surface area contributed by atoms with Gasteiger partial charge < -0.3 is 33.5 Å². The molecule has 0 radical (unpaired) electrons. The number of quaternary nitrogens is 1. The Bertz CT molecular complexity index is 1400. The van der Waals surface area contributed by atoms with E-state index in [1.807, 2.05) is 36.4 Å². The molecular formula is C38H51N2O9+. The van der Waals surface area contributed by atoms with E-state index in [1.165, 1.54) is 30.4 Å². The van der Waals surface area contributed by atoms with Gasteiger partial charge in [-0.1, -0.05) is 74.5 Å². The van der Waals surface area contributed by atoms with Gasteiger partial charge in [-0.25, -0.2) is 19.2 Å². The van der Waals surface area contributed by atoms with Gasteiger partial charge in [0.2, 0.25) is 5.60 Å². The molecule has 2 aromatic rings. The summed E-state index contributed by atoms with van der Waals surface area (Å²) in [6.07, 6.45) is 5.47. The normalized spacial score (nSPS) is 22.0. The van der Waals surface area contributed by atoms with Crippen LogP contribution in [0.15, 0.2) is 60.7 Å². The first-order valence-corrected chi connectivity index (χ1v) is 17.5. The van der Waals surface area contributed by atoms with Gasteiger partial charge >= 0.3 is 24.0 Å². The van der Waals surface area contributed by atoms with Crippen LogP contribution in [0.1, 0.15) is 84.3 Å². The average Bonchev–Trinajstić information content (AvgIpc) is 3.61. The van der Waals surface area contributed by atoms with Crippen molar-refractivity contribution in [2.24, 2.45) is 5.92 Å². The molecule has 3 heterocycles. The zero-order chi connectivity index (χ0) is 35.2. The number of amides is 1. The summed E-state index contributed by atoms with van der Waals surface area (Å²) in [5.74, 6) is -2.62. The fourth-order valence-electron chi connectivity index (χ4n) is 7.89. The van der Waals surface area contributed by atoms with Crippen LogP contribution in [0.4, 0.5) is 4.79 Å². The van der Waals surface area contributed by atoms with Crippen molar-refractivity contribution < 1.29 is 47.3 Å². The van der Waals surface area contributed by atoms with Crippen LogP contribution >= 0.6 is 0 Å². The van der Waals surface area contributed by atoms with E-state index >= 15 is 0 Å². The molecule has 2 bridgehead atoms. The first-order valence-electron chi connectivity index (χ1n) is 17.5. The number of hydrogen-bond acceptors (Lipinski definition) is 9. The molecule has 3 fully saturated rings. The lowest BCUT2D eigenvalue weighted by Crippen LogP contribution is -2.60. The molecule has 2 unspecified atom stereocenters. The van der Waals surface area contributed by atoms with Crippen molar-refractivity contribution in [3.05, 3.63) is 71.8 Å². The third-order valence-corrected chi connectivity index (χ3v) is 10.1. The summed E-state index contributed by atoms with van der Waals surface area (Å²) in [4.78, 5) is 52.3. The Morgan fingerprint density at radius 3 is 1.90 bits per heavy atom. The zero-order valence-corrected chi connectivity index (χ0v) is 29.4. The first-order chi connectivity index (χ1) is 23.3. The van der Waals surface area contributed by atoms with Gasteiger partial charge in [-0.2, -0.15) is 0 Å². The summed E-state index contributed by atoms with van der Waals surface area (Å²) in [6, 6.07) is 18.1. The van der Waals surface area contributed by atoms with Gasteiger partial charge in [-0.05, 0) is 37.8 Å². The Labute approximate surface area is 289 Å². The number of alkyl carbamates (subject to hydrolysis) is 1. The monoisotopic (exact) mass is 679 g/mol. The molecule has 0 aliphatic carbocycles. The van der Waals surface area contributed by atoms with Gasteiger partial charge in [-0.15, -0.1) is 0 Å². The van der Waals surface area contributed by atoms with Crippen LogP contribution in [-0.4, -0.2) is 84.8 Å². The minimum atomic E-state index is -1.73. The maximum atomic E-state index is 14.5. The molecule has 5 rings (SSSR count). The number of piperidine rings is 1. The summed E-state index contributed by atoms with van der Waals surface area (Å²) < 4.78 is 29.7. The van der Waals surface area contributed by atoms with Crippen molar-refractivity contribution in [1.29, 1.82) is 0 Å². The van der Waals surface area contributed by atoms with Crippen LogP contribution in [0.3, 0.4) is 0 Å². The minimum Gasteiger partial charge on any atom is -0.459 e. The molecule has 3 atom stereocenters. The van der Waals surface area contributed by atoms with E-state index in [4.69, 9.17) is 23.7 Å². The molecule has 0 saturated carbocycles. The van der Waals surface area contributed by atoms with Crippen molar-refractivity contribution in [2.45, 2.75) is 109 Å². The molecular weight excluding hydrogens is 628 g/mol. The summed E-state index contributed by atoms with van der Waals surface area (Å²) in [6.45, 7) is 9.68. The van der Waals surface area contributed by atoms with Crippen LogP contribution < -0.4 is 5.32 Å². The van der Waals surface area contributed by atoms with Gasteiger partial charge in [0.05, 0.1) is 25.2 Å². The van der Waals surface area contributed by atoms with Gasteiger partial charge in [0.15, 0.2) is 13.4 Å². The van der Waals surface area contributed by atoms with E-state index in [0.29, 0.717) is 23.2 Å². The predicted octanol–water partition coefficient (Wildman–Crippen LogP) is 5.39. The quantitative estimate of drug-likeness (QED) is 0.136. The number of hydrogen-bond donors (Lipinski definition) is 1. The Balaban J connectivity index is 1.27. The predicted molar refractivity (Wildman–Crippen MR) is 180 cm³/mol. The van der Waals surface area contributed by atoms with E-state index in [2.05, 4.69) is 5.32 Å². The van der Waals surface area contributed by atoms with E-state index in [9.17, 15) is 19.2 Å². The summed E-state index contributed by atoms with van der Waals surface area (Å²) in [7, 11) is 0. The van der Waals surface area contributed by atoms with E-state index in [0.717, 1.165) is 25.7 Å². The molecule has 3 aliphatic rings. The summed E-state index contributed by atoms with van der Waals surface area (Å²) >= 11 is 0. The maximum absolute atomic E-state index is 14.5. The smallest absolute Gasteiger partial charge is 0.408 e.